The van der Waals surface area contributed by atoms with Crippen molar-refractivity contribution >= 4 is 17.4 Å². The second-order valence-electron chi connectivity index (χ2n) is 7.99. The molecular formula is C27H22F3NO4. The smallest absolute Gasteiger partial charge is 0.416 e. The van der Waals surface area contributed by atoms with Crippen molar-refractivity contribution in [1.82, 2.24) is 4.90 Å². The highest BCUT2D eigenvalue weighted by atomic mass is 19.4. The minimum atomic E-state index is -4.54. The van der Waals surface area contributed by atoms with E-state index in [1.54, 1.807) is 54.6 Å². The third-order valence-electron chi connectivity index (χ3n) is 5.70. The van der Waals surface area contributed by atoms with E-state index >= 15 is 0 Å². The first-order valence-electron chi connectivity index (χ1n) is 10.9. The number of ketones is 1. The Balaban J connectivity index is 1.79. The van der Waals surface area contributed by atoms with E-state index in [1.807, 2.05) is 6.92 Å². The first kappa shape index (κ1) is 24.1. The van der Waals surface area contributed by atoms with Crippen LogP contribution in [0.15, 0.2) is 84.4 Å². The fourth-order valence-corrected chi connectivity index (χ4v) is 4.10. The van der Waals surface area contributed by atoms with Gasteiger partial charge in [0.2, 0.25) is 0 Å². The van der Waals surface area contributed by atoms with Crippen molar-refractivity contribution in [3.63, 3.8) is 0 Å². The molecule has 1 heterocycles. The predicted molar refractivity (Wildman–Crippen MR) is 123 cm³/mol. The van der Waals surface area contributed by atoms with Gasteiger partial charge < -0.3 is 14.7 Å². The number of carbonyl (C=O) groups excluding carboxylic acids is 2. The van der Waals surface area contributed by atoms with Gasteiger partial charge >= 0.3 is 6.18 Å². The van der Waals surface area contributed by atoms with Gasteiger partial charge in [-0.2, -0.15) is 13.2 Å². The maximum atomic E-state index is 13.2. The molecule has 1 saturated heterocycles. The van der Waals surface area contributed by atoms with Gasteiger partial charge in [0.1, 0.15) is 11.5 Å². The lowest BCUT2D eigenvalue weighted by Crippen LogP contribution is -2.29. The zero-order valence-electron chi connectivity index (χ0n) is 18.8. The summed E-state index contributed by atoms with van der Waals surface area (Å²) in [4.78, 5) is 27.3. The molecule has 5 nitrogen and oxygen atoms in total. The molecule has 0 saturated carbocycles. The van der Waals surface area contributed by atoms with Crippen LogP contribution in [0.4, 0.5) is 13.2 Å². The maximum absolute atomic E-state index is 13.2. The van der Waals surface area contributed by atoms with Crippen molar-refractivity contribution in [2.75, 3.05) is 6.61 Å². The average molecular weight is 481 g/mol. The van der Waals surface area contributed by atoms with Gasteiger partial charge in [-0.15, -0.1) is 0 Å². The van der Waals surface area contributed by atoms with E-state index in [2.05, 4.69) is 0 Å². The molecule has 0 aliphatic carbocycles. The molecule has 1 aliphatic rings. The zero-order chi connectivity index (χ0) is 25.2. The summed E-state index contributed by atoms with van der Waals surface area (Å²) in [7, 11) is 0. The minimum absolute atomic E-state index is 0.127. The van der Waals surface area contributed by atoms with E-state index < -0.39 is 29.5 Å². The van der Waals surface area contributed by atoms with E-state index in [0.29, 0.717) is 23.5 Å². The number of halogens is 3. The number of aliphatic hydroxyl groups is 1. The number of ether oxygens (including phenoxy) is 1. The molecule has 35 heavy (non-hydrogen) atoms. The summed E-state index contributed by atoms with van der Waals surface area (Å²) in [5, 5.41) is 11.1. The minimum Gasteiger partial charge on any atom is -0.507 e. The molecule has 0 radical (unpaired) electrons. The lowest BCUT2D eigenvalue weighted by atomic mass is 9.95. The number of hydrogen-bond acceptors (Lipinski definition) is 4. The molecule has 1 N–H and O–H groups in total. The van der Waals surface area contributed by atoms with Gasteiger partial charge in [-0.05, 0) is 54.4 Å². The number of nitrogens with zero attached hydrogens (tertiary/aromatic N) is 1. The van der Waals surface area contributed by atoms with Crippen LogP contribution >= 0.6 is 0 Å². The molecule has 180 valence electrons. The van der Waals surface area contributed by atoms with E-state index in [1.165, 1.54) is 17.0 Å². The monoisotopic (exact) mass is 481 g/mol. The average Bonchev–Trinajstić information content (AvgIpc) is 3.09. The van der Waals surface area contributed by atoms with Crippen molar-refractivity contribution < 1.29 is 32.6 Å². The third-order valence-corrected chi connectivity index (χ3v) is 5.70. The molecule has 3 aromatic rings. The first-order chi connectivity index (χ1) is 16.7. The second kappa shape index (κ2) is 9.66. The van der Waals surface area contributed by atoms with Crippen LogP contribution in [0.2, 0.25) is 0 Å². The summed E-state index contributed by atoms with van der Waals surface area (Å²) in [5.74, 6) is -1.60. The van der Waals surface area contributed by atoms with E-state index in [0.717, 1.165) is 12.1 Å². The largest absolute Gasteiger partial charge is 0.507 e. The molecule has 1 amide bonds. The Bertz CT molecular complexity index is 1270. The molecule has 1 unspecified atom stereocenters. The van der Waals surface area contributed by atoms with Crippen molar-refractivity contribution in [1.29, 1.82) is 0 Å². The van der Waals surface area contributed by atoms with Gasteiger partial charge in [-0.25, -0.2) is 0 Å². The molecule has 0 aromatic heterocycles. The number of benzene rings is 3. The van der Waals surface area contributed by atoms with Gasteiger partial charge in [-0.1, -0.05) is 42.5 Å². The molecule has 1 atom stereocenters. The van der Waals surface area contributed by atoms with Crippen LogP contribution < -0.4 is 4.74 Å². The lowest BCUT2D eigenvalue weighted by Gasteiger charge is -2.25. The number of carbonyl (C=O) groups is 2. The van der Waals surface area contributed by atoms with Crippen molar-refractivity contribution in [3.8, 4) is 5.75 Å². The SMILES string of the molecule is CCOc1ccc(/C(O)=C2\C(=O)C(=O)N(Cc3cccc(C(F)(F)F)c3)C2c2ccccc2)cc1. The number of alkyl halides is 3. The van der Waals surface area contributed by atoms with E-state index in [4.69, 9.17) is 4.74 Å². The van der Waals surface area contributed by atoms with Crippen LogP contribution in [0.5, 0.6) is 5.75 Å². The Labute approximate surface area is 200 Å². The van der Waals surface area contributed by atoms with Crippen molar-refractivity contribution in [2.45, 2.75) is 25.7 Å². The summed E-state index contributed by atoms with van der Waals surface area (Å²) in [6.45, 7) is 2.05. The van der Waals surface area contributed by atoms with E-state index in [9.17, 15) is 27.9 Å². The normalized spacial score (nSPS) is 17.6. The number of hydrogen-bond donors (Lipinski definition) is 1. The molecule has 1 aliphatic heterocycles. The van der Waals surface area contributed by atoms with Crippen molar-refractivity contribution in [2.24, 2.45) is 0 Å². The Morgan fingerprint density at radius 2 is 1.66 bits per heavy atom. The highest BCUT2D eigenvalue weighted by Crippen LogP contribution is 2.40. The summed E-state index contributed by atoms with van der Waals surface area (Å²) < 4.78 is 45.0. The number of Topliss-reactive ketones (excluding diaryl/α,β-unsaturated/α-hetero) is 1. The maximum Gasteiger partial charge on any atom is 0.416 e. The standard InChI is InChI=1S/C27H22F3NO4/c1-2-35-21-13-11-19(12-14-21)24(32)22-23(18-8-4-3-5-9-18)31(26(34)25(22)33)16-17-7-6-10-20(15-17)27(28,29)30/h3-15,23,32H,2,16H2,1H3/b24-22+. The predicted octanol–water partition coefficient (Wildman–Crippen LogP) is 5.73. The molecule has 4 rings (SSSR count). The fourth-order valence-electron chi connectivity index (χ4n) is 4.10. The number of aliphatic hydroxyl groups excluding tert-OH is 1. The molecule has 3 aromatic carbocycles. The lowest BCUT2D eigenvalue weighted by molar-refractivity contribution is -0.140. The Hall–Kier alpha value is -4.07. The number of rotatable bonds is 6. The van der Waals surface area contributed by atoms with Crippen LogP contribution in [-0.2, 0) is 22.3 Å². The summed E-state index contributed by atoms with van der Waals surface area (Å²) in [6.07, 6.45) is -4.54. The molecule has 8 heteroatoms. The van der Waals surface area contributed by atoms with Gasteiger partial charge in [-0.3, -0.25) is 9.59 Å². The highest BCUT2D eigenvalue weighted by Gasteiger charge is 2.46. The fraction of sp³-hybridized carbons (Fsp3) is 0.185. The molecule has 1 fully saturated rings. The second-order valence-corrected chi connectivity index (χ2v) is 7.99. The number of amides is 1. The molecular weight excluding hydrogens is 459 g/mol. The Morgan fingerprint density at radius 3 is 2.29 bits per heavy atom. The van der Waals surface area contributed by atoms with E-state index in [-0.39, 0.29) is 23.4 Å². The summed E-state index contributed by atoms with van der Waals surface area (Å²) in [6, 6.07) is 18.6. The van der Waals surface area contributed by atoms with Crippen LogP contribution in [0, 0.1) is 0 Å². The summed E-state index contributed by atoms with van der Waals surface area (Å²) >= 11 is 0. The van der Waals surface area contributed by atoms with Gasteiger partial charge in [0.05, 0.1) is 23.8 Å². The Kier molecular flexibility index (Phi) is 6.64. The Morgan fingerprint density at radius 1 is 0.971 bits per heavy atom. The van der Waals surface area contributed by atoms with Gasteiger partial charge in [0.15, 0.2) is 0 Å². The quantitative estimate of drug-likeness (QED) is 0.278. The highest BCUT2D eigenvalue weighted by molar-refractivity contribution is 6.46. The van der Waals surface area contributed by atoms with Crippen LogP contribution in [-0.4, -0.2) is 28.3 Å². The van der Waals surface area contributed by atoms with Crippen molar-refractivity contribution in [3.05, 3.63) is 107 Å². The number of likely N-dealkylation sites (tertiary alicyclic amines) is 1. The third kappa shape index (κ3) is 4.91. The van der Waals surface area contributed by atoms with Crippen LogP contribution in [0.3, 0.4) is 0 Å². The zero-order valence-corrected chi connectivity index (χ0v) is 18.8. The van der Waals surface area contributed by atoms with Crippen LogP contribution in [0.1, 0.15) is 35.2 Å². The first-order valence-corrected chi connectivity index (χ1v) is 10.9. The van der Waals surface area contributed by atoms with Gasteiger partial charge in [0, 0.05) is 12.1 Å². The topological polar surface area (TPSA) is 66.8 Å². The van der Waals surface area contributed by atoms with Gasteiger partial charge in [0.25, 0.3) is 11.7 Å². The molecule has 0 bridgehead atoms. The summed E-state index contributed by atoms with van der Waals surface area (Å²) in [5.41, 5.74) is 0.0934. The van der Waals surface area contributed by atoms with Crippen LogP contribution in [0.25, 0.3) is 5.76 Å². The molecule has 0 spiro atoms.